The summed E-state index contributed by atoms with van der Waals surface area (Å²) in [7, 11) is 0. The van der Waals surface area contributed by atoms with Crippen molar-refractivity contribution in [1.82, 2.24) is 0 Å². The van der Waals surface area contributed by atoms with Crippen LogP contribution >= 0.6 is 15.9 Å². The van der Waals surface area contributed by atoms with Gasteiger partial charge in [0.15, 0.2) is 0 Å². The number of allylic oxidation sites excluding steroid dienone is 3. The number of halogens is 2. The van der Waals surface area contributed by atoms with Gasteiger partial charge in [0, 0.05) is 25.0 Å². The van der Waals surface area contributed by atoms with Gasteiger partial charge in [-0.1, -0.05) is 29.3 Å². The highest BCUT2D eigenvalue weighted by Crippen LogP contribution is 2.42. The largest absolute Gasteiger partial charge is 0.396 e. The summed E-state index contributed by atoms with van der Waals surface area (Å²) in [4.78, 5) is 0. The second-order valence-electron chi connectivity index (χ2n) is 6.51. The first-order valence-electron chi connectivity index (χ1n) is 8.32. The van der Waals surface area contributed by atoms with E-state index in [4.69, 9.17) is 15.2 Å². The van der Waals surface area contributed by atoms with E-state index in [1.165, 1.54) is 6.08 Å². The van der Waals surface area contributed by atoms with Gasteiger partial charge in [0.1, 0.15) is 5.83 Å². The van der Waals surface area contributed by atoms with Gasteiger partial charge in [-0.15, -0.1) is 0 Å². The van der Waals surface area contributed by atoms with Crippen LogP contribution in [0.25, 0.3) is 0 Å². The molecule has 0 aromatic carbocycles. The zero-order chi connectivity index (χ0) is 16.9. The summed E-state index contributed by atoms with van der Waals surface area (Å²) in [5.41, 5.74) is 5.62. The van der Waals surface area contributed by atoms with E-state index < -0.39 is 11.5 Å². The third-order valence-electron chi connectivity index (χ3n) is 4.85. The molecule has 23 heavy (non-hydrogen) atoms. The number of hydrogen-bond donors (Lipinski definition) is 2. The summed E-state index contributed by atoms with van der Waals surface area (Å²) in [6, 6.07) is 0. The fourth-order valence-electron chi connectivity index (χ4n) is 3.29. The Bertz CT molecular complexity index is 457. The molecule has 132 valence electrons. The van der Waals surface area contributed by atoms with E-state index >= 15 is 0 Å². The number of rotatable bonds is 7. The van der Waals surface area contributed by atoms with Gasteiger partial charge in [-0.3, -0.25) is 0 Å². The Morgan fingerprint density at radius 3 is 3.00 bits per heavy atom. The summed E-state index contributed by atoms with van der Waals surface area (Å²) < 4.78 is 26.7. The molecule has 0 radical (unpaired) electrons. The summed E-state index contributed by atoms with van der Waals surface area (Å²) in [6.07, 6.45) is 6.26. The number of aliphatic hydroxyl groups is 1. The molecule has 4 nitrogen and oxygen atoms in total. The van der Waals surface area contributed by atoms with E-state index in [2.05, 4.69) is 22.9 Å². The van der Waals surface area contributed by atoms with E-state index in [1.54, 1.807) is 6.08 Å². The smallest absolute Gasteiger partial charge is 0.105 e. The SMILES string of the molecule is CCCCOC[C@H]1C[C@@H](CO)[C@](N)(C2CC(Br)=CC=C2F)CO1. The van der Waals surface area contributed by atoms with Crippen LogP contribution in [-0.4, -0.2) is 43.2 Å². The maximum absolute atomic E-state index is 14.3. The third kappa shape index (κ3) is 4.63. The van der Waals surface area contributed by atoms with Crippen molar-refractivity contribution < 1.29 is 19.0 Å². The number of ether oxygens (including phenoxy) is 2. The van der Waals surface area contributed by atoms with Crippen molar-refractivity contribution in [2.75, 3.05) is 26.4 Å². The van der Waals surface area contributed by atoms with Crippen LogP contribution in [0.1, 0.15) is 32.6 Å². The second-order valence-corrected chi connectivity index (χ2v) is 7.53. The van der Waals surface area contributed by atoms with Crippen LogP contribution in [0.2, 0.25) is 0 Å². The Kier molecular flexibility index (Phi) is 7.22. The minimum Gasteiger partial charge on any atom is -0.396 e. The van der Waals surface area contributed by atoms with Crippen LogP contribution in [0.5, 0.6) is 0 Å². The molecule has 1 fully saturated rings. The number of aliphatic hydroxyl groups excluding tert-OH is 1. The Morgan fingerprint density at radius 2 is 2.30 bits per heavy atom. The van der Waals surface area contributed by atoms with Gasteiger partial charge in [0.2, 0.25) is 0 Å². The van der Waals surface area contributed by atoms with Crippen molar-refractivity contribution in [3.05, 3.63) is 22.5 Å². The first-order chi connectivity index (χ1) is 11.0. The molecule has 0 saturated carbocycles. The van der Waals surface area contributed by atoms with Crippen LogP contribution < -0.4 is 5.73 Å². The molecule has 1 saturated heterocycles. The fourth-order valence-corrected chi connectivity index (χ4v) is 3.74. The Labute approximate surface area is 146 Å². The van der Waals surface area contributed by atoms with Gasteiger partial charge < -0.3 is 20.3 Å². The van der Waals surface area contributed by atoms with Crippen LogP contribution in [0.3, 0.4) is 0 Å². The molecule has 0 aromatic rings. The highest BCUT2D eigenvalue weighted by atomic mass is 79.9. The number of hydrogen-bond acceptors (Lipinski definition) is 4. The van der Waals surface area contributed by atoms with E-state index in [0.29, 0.717) is 26.1 Å². The van der Waals surface area contributed by atoms with Gasteiger partial charge in [-0.05, 0) is 35.9 Å². The Hall–Kier alpha value is -0.270. The molecule has 6 heteroatoms. The van der Waals surface area contributed by atoms with Gasteiger partial charge in [-0.25, -0.2) is 4.39 Å². The zero-order valence-electron chi connectivity index (χ0n) is 13.6. The molecule has 0 amide bonds. The fraction of sp³-hybridized carbons (Fsp3) is 0.765. The molecular weight excluding hydrogens is 365 g/mol. The van der Waals surface area contributed by atoms with Crippen LogP contribution in [0.15, 0.2) is 22.5 Å². The summed E-state index contributed by atoms with van der Waals surface area (Å²) in [5.74, 6) is -0.921. The average molecular weight is 392 g/mol. The molecule has 1 aliphatic heterocycles. The predicted octanol–water partition coefficient (Wildman–Crippen LogP) is 3.05. The Morgan fingerprint density at radius 1 is 1.52 bits per heavy atom. The minimum absolute atomic E-state index is 0.0730. The molecule has 1 heterocycles. The summed E-state index contributed by atoms with van der Waals surface area (Å²) >= 11 is 3.42. The van der Waals surface area contributed by atoms with Crippen molar-refractivity contribution in [3.63, 3.8) is 0 Å². The van der Waals surface area contributed by atoms with Gasteiger partial charge in [0.05, 0.1) is 24.9 Å². The standard InChI is InChI=1S/C17H27BrFNO3/c1-2-3-6-22-10-14-7-12(9-21)17(20,11-23-14)15-8-13(18)4-5-16(15)19/h4-5,12,14-15,21H,2-3,6-11,20H2,1H3/t12-,14+,15?,17-/m0/s1. The molecule has 4 atom stereocenters. The molecule has 3 N–H and O–H groups in total. The molecular formula is C17H27BrFNO3. The zero-order valence-corrected chi connectivity index (χ0v) is 15.2. The molecule has 0 aromatic heterocycles. The van der Waals surface area contributed by atoms with E-state index in [0.717, 1.165) is 17.3 Å². The highest BCUT2D eigenvalue weighted by molar-refractivity contribution is 9.11. The predicted molar refractivity (Wildman–Crippen MR) is 91.9 cm³/mol. The molecule has 2 aliphatic rings. The van der Waals surface area contributed by atoms with Gasteiger partial charge in [0.25, 0.3) is 0 Å². The van der Waals surface area contributed by atoms with Crippen molar-refractivity contribution >= 4 is 15.9 Å². The lowest BCUT2D eigenvalue weighted by Crippen LogP contribution is -2.62. The van der Waals surface area contributed by atoms with E-state index in [1.807, 2.05) is 0 Å². The lowest BCUT2D eigenvalue weighted by molar-refractivity contribution is -0.113. The van der Waals surface area contributed by atoms with Crippen molar-refractivity contribution in [1.29, 1.82) is 0 Å². The number of nitrogens with two attached hydrogens (primary N) is 1. The molecule has 0 spiro atoms. The first kappa shape index (κ1) is 19.1. The summed E-state index contributed by atoms with van der Waals surface area (Å²) in [6.45, 7) is 3.48. The molecule has 1 unspecified atom stereocenters. The number of unbranched alkanes of at least 4 members (excludes halogenated alkanes) is 1. The maximum atomic E-state index is 14.3. The monoisotopic (exact) mass is 391 g/mol. The summed E-state index contributed by atoms with van der Waals surface area (Å²) in [5, 5.41) is 9.79. The normalized spacial score (nSPS) is 34.9. The molecule has 2 rings (SSSR count). The van der Waals surface area contributed by atoms with Crippen LogP contribution in [-0.2, 0) is 9.47 Å². The van der Waals surface area contributed by atoms with Crippen molar-refractivity contribution in [2.24, 2.45) is 17.6 Å². The molecule has 1 aliphatic carbocycles. The highest BCUT2D eigenvalue weighted by Gasteiger charge is 2.48. The maximum Gasteiger partial charge on any atom is 0.105 e. The Balaban J connectivity index is 1.98. The van der Waals surface area contributed by atoms with Gasteiger partial charge in [-0.2, -0.15) is 0 Å². The quantitative estimate of drug-likeness (QED) is 0.654. The second kappa shape index (κ2) is 8.72. The van der Waals surface area contributed by atoms with Crippen LogP contribution in [0, 0.1) is 11.8 Å². The van der Waals surface area contributed by atoms with Gasteiger partial charge >= 0.3 is 0 Å². The average Bonchev–Trinajstić information content (AvgIpc) is 2.55. The molecule has 0 bridgehead atoms. The first-order valence-corrected chi connectivity index (χ1v) is 9.11. The van der Waals surface area contributed by atoms with E-state index in [-0.39, 0.29) is 31.1 Å². The van der Waals surface area contributed by atoms with Crippen molar-refractivity contribution in [3.8, 4) is 0 Å². The minimum atomic E-state index is -0.900. The lowest BCUT2D eigenvalue weighted by Gasteiger charge is -2.47. The van der Waals surface area contributed by atoms with Crippen molar-refractivity contribution in [2.45, 2.75) is 44.2 Å². The van der Waals surface area contributed by atoms with E-state index in [9.17, 15) is 9.50 Å². The third-order valence-corrected chi connectivity index (χ3v) is 5.44. The van der Waals surface area contributed by atoms with Crippen LogP contribution in [0.4, 0.5) is 4.39 Å². The topological polar surface area (TPSA) is 64.7 Å². The lowest BCUT2D eigenvalue weighted by atomic mass is 9.69.